The summed E-state index contributed by atoms with van der Waals surface area (Å²) in [6.45, 7) is 0.788. The molecule has 5 nitrogen and oxygen atoms in total. The summed E-state index contributed by atoms with van der Waals surface area (Å²) in [5, 5.41) is 4.05. The Hall–Kier alpha value is -0.650. The zero-order valence-corrected chi connectivity index (χ0v) is 11.2. The number of hydrogen-bond acceptors (Lipinski definition) is 5. The zero-order chi connectivity index (χ0) is 11.7. The Bertz CT molecular complexity index is 384. The Morgan fingerprint density at radius 2 is 1.94 bits per heavy atom. The molecule has 1 unspecified atom stereocenters. The van der Waals surface area contributed by atoms with Crippen molar-refractivity contribution in [2.24, 2.45) is 5.73 Å². The van der Waals surface area contributed by atoms with Gasteiger partial charge in [0.25, 0.3) is 5.89 Å². The predicted molar refractivity (Wildman–Crippen MR) is 68.4 cm³/mol. The molecule has 0 spiro atoms. The predicted octanol–water partition coefficient (Wildman–Crippen LogP) is 2.46. The molecule has 6 heteroatoms. The number of hydrogen-bond donors (Lipinski definition) is 1. The normalized spacial score (nSPS) is 26.8. The summed E-state index contributed by atoms with van der Waals surface area (Å²) in [7, 11) is 0. The van der Waals surface area contributed by atoms with Crippen LogP contribution in [-0.2, 0) is 10.3 Å². The molecule has 1 aromatic heterocycles. The summed E-state index contributed by atoms with van der Waals surface area (Å²) in [6, 6.07) is 0. The molecule has 1 saturated heterocycles. The van der Waals surface area contributed by atoms with Crippen molar-refractivity contribution in [3.8, 4) is 0 Å². The molecule has 2 heterocycles. The first-order chi connectivity index (χ1) is 8.28. The van der Waals surface area contributed by atoms with Crippen LogP contribution >= 0.6 is 12.4 Å². The third-order valence-corrected chi connectivity index (χ3v) is 3.84. The molecule has 2 aliphatic rings. The van der Waals surface area contributed by atoms with Crippen LogP contribution in [0.3, 0.4) is 0 Å². The smallest absolute Gasteiger partial charge is 0.255 e. The van der Waals surface area contributed by atoms with Crippen LogP contribution in [0.4, 0.5) is 0 Å². The highest BCUT2D eigenvalue weighted by Crippen LogP contribution is 2.35. The van der Waals surface area contributed by atoms with Gasteiger partial charge in [0.15, 0.2) is 5.82 Å². The third-order valence-electron chi connectivity index (χ3n) is 3.84. The fourth-order valence-corrected chi connectivity index (χ4v) is 2.73. The number of ether oxygens (including phenoxy) is 1. The van der Waals surface area contributed by atoms with E-state index in [0.29, 0.717) is 11.7 Å². The minimum atomic E-state index is -0.365. The Morgan fingerprint density at radius 1 is 1.17 bits per heavy atom. The molecule has 102 valence electrons. The largest absolute Gasteiger partial charge is 0.368 e. The monoisotopic (exact) mass is 273 g/mol. The van der Waals surface area contributed by atoms with Gasteiger partial charge in [0.2, 0.25) is 0 Å². The molecule has 2 fully saturated rings. The second kappa shape index (κ2) is 5.55. The van der Waals surface area contributed by atoms with Gasteiger partial charge in [-0.05, 0) is 32.1 Å². The van der Waals surface area contributed by atoms with Gasteiger partial charge in [-0.15, -0.1) is 12.4 Å². The molecule has 1 aliphatic carbocycles. The van der Waals surface area contributed by atoms with E-state index in [2.05, 4.69) is 10.1 Å². The van der Waals surface area contributed by atoms with Crippen molar-refractivity contribution in [1.29, 1.82) is 0 Å². The average Bonchev–Trinajstić information content (AvgIpc) is 2.99. The molecular weight excluding hydrogens is 254 g/mol. The fourth-order valence-electron chi connectivity index (χ4n) is 2.73. The van der Waals surface area contributed by atoms with E-state index in [1.165, 1.54) is 0 Å². The van der Waals surface area contributed by atoms with E-state index in [0.717, 1.165) is 51.6 Å². The number of nitrogens with two attached hydrogens (primary N) is 1. The maximum Gasteiger partial charge on any atom is 0.255 e. The molecular formula is C12H20ClN3O2. The van der Waals surface area contributed by atoms with E-state index < -0.39 is 0 Å². The lowest BCUT2D eigenvalue weighted by Crippen LogP contribution is -2.34. The van der Waals surface area contributed by atoms with Crippen molar-refractivity contribution in [1.82, 2.24) is 10.1 Å². The van der Waals surface area contributed by atoms with Crippen molar-refractivity contribution in [3.63, 3.8) is 0 Å². The fraction of sp³-hybridized carbons (Fsp3) is 0.833. The summed E-state index contributed by atoms with van der Waals surface area (Å²) >= 11 is 0. The standard InChI is InChI=1S/C12H19N3O2.ClH/c13-12(6-2-3-7-12)11-14-10(17-15-11)9-5-1-4-8-16-9;/h9H,1-8,13H2;1H. The topological polar surface area (TPSA) is 74.2 Å². The summed E-state index contributed by atoms with van der Waals surface area (Å²) in [5.41, 5.74) is 5.93. The highest BCUT2D eigenvalue weighted by Gasteiger charge is 2.36. The van der Waals surface area contributed by atoms with Crippen LogP contribution in [-0.4, -0.2) is 16.7 Å². The highest BCUT2D eigenvalue weighted by atomic mass is 35.5. The van der Waals surface area contributed by atoms with Gasteiger partial charge in [0.1, 0.15) is 6.10 Å². The van der Waals surface area contributed by atoms with Gasteiger partial charge < -0.3 is 15.0 Å². The SMILES string of the molecule is Cl.NC1(c2noc(C3CCCCO3)n2)CCCC1. The third kappa shape index (κ3) is 2.53. The van der Waals surface area contributed by atoms with Gasteiger partial charge in [-0.2, -0.15) is 4.98 Å². The van der Waals surface area contributed by atoms with Crippen molar-refractivity contribution >= 4 is 12.4 Å². The van der Waals surface area contributed by atoms with Gasteiger partial charge in [-0.25, -0.2) is 0 Å². The summed E-state index contributed by atoms with van der Waals surface area (Å²) in [6.07, 6.45) is 7.46. The number of nitrogens with zero attached hydrogens (tertiary/aromatic N) is 2. The maximum atomic E-state index is 6.30. The lowest BCUT2D eigenvalue weighted by molar-refractivity contribution is -0.00459. The molecule has 0 bridgehead atoms. The van der Waals surface area contributed by atoms with Crippen molar-refractivity contribution in [2.45, 2.75) is 56.6 Å². The van der Waals surface area contributed by atoms with Crippen LogP contribution in [0.25, 0.3) is 0 Å². The zero-order valence-electron chi connectivity index (χ0n) is 10.4. The van der Waals surface area contributed by atoms with Crippen LogP contribution in [0.1, 0.15) is 62.8 Å². The van der Waals surface area contributed by atoms with Crippen LogP contribution in [0.5, 0.6) is 0 Å². The summed E-state index contributed by atoms with van der Waals surface area (Å²) in [4.78, 5) is 4.46. The van der Waals surface area contributed by atoms with E-state index in [9.17, 15) is 0 Å². The maximum absolute atomic E-state index is 6.30. The molecule has 3 rings (SSSR count). The van der Waals surface area contributed by atoms with E-state index >= 15 is 0 Å². The van der Waals surface area contributed by atoms with Gasteiger partial charge in [-0.3, -0.25) is 0 Å². The molecule has 2 N–H and O–H groups in total. The molecule has 1 atom stereocenters. The van der Waals surface area contributed by atoms with E-state index in [4.69, 9.17) is 15.0 Å². The first-order valence-electron chi connectivity index (χ1n) is 6.52. The Kier molecular flexibility index (Phi) is 4.25. The molecule has 1 aliphatic heterocycles. The quantitative estimate of drug-likeness (QED) is 0.896. The van der Waals surface area contributed by atoms with E-state index in [1.54, 1.807) is 0 Å². The molecule has 18 heavy (non-hydrogen) atoms. The van der Waals surface area contributed by atoms with Gasteiger partial charge in [0, 0.05) is 6.61 Å². The van der Waals surface area contributed by atoms with Gasteiger partial charge >= 0.3 is 0 Å². The molecule has 1 saturated carbocycles. The second-order valence-electron chi connectivity index (χ2n) is 5.17. The highest BCUT2D eigenvalue weighted by molar-refractivity contribution is 5.85. The van der Waals surface area contributed by atoms with Crippen molar-refractivity contribution < 1.29 is 9.26 Å². The molecule has 0 amide bonds. The minimum Gasteiger partial charge on any atom is -0.368 e. The first kappa shape index (κ1) is 13.8. The lowest BCUT2D eigenvalue weighted by Gasteiger charge is -2.19. The number of aromatic nitrogens is 2. The van der Waals surface area contributed by atoms with Crippen molar-refractivity contribution in [2.75, 3.05) is 6.61 Å². The van der Waals surface area contributed by atoms with Crippen LogP contribution in [0, 0.1) is 0 Å². The second-order valence-corrected chi connectivity index (χ2v) is 5.17. The Morgan fingerprint density at radius 3 is 2.61 bits per heavy atom. The Balaban J connectivity index is 0.00000120. The summed E-state index contributed by atoms with van der Waals surface area (Å²) in [5.74, 6) is 1.27. The van der Waals surface area contributed by atoms with Gasteiger partial charge in [0.05, 0.1) is 5.54 Å². The molecule has 1 aromatic rings. The van der Waals surface area contributed by atoms with Crippen LogP contribution < -0.4 is 5.73 Å². The number of halogens is 1. The Labute approximate surface area is 113 Å². The number of rotatable bonds is 2. The van der Waals surface area contributed by atoms with Crippen LogP contribution in [0.15, 0.2) is 4.52 Å². The first-order valence-corrected chi connectivity index (χ1v) is 6.52. The van der Waals surface area contributed by atoms with E-state index in [-0.39, 0.29) is 24.0 Å². The lowest BCUT2D eigenvalue weighted by atomic mass is 9.98. The minimum absolute atomic E-state index is 0. The van der Waals surface area contributed by atoms with E-state index in [1.807, 2.05) is 0 Å². The average molecular weight is 274 g/mol. The molecule has 0 radical (unpaired) electrons. The van der Waals surface area contributed by atoms with Crippen LogP contribution in [0.2, 0.25) is 0 Å². The van der Waals surface area contributed by atoms with Gasteiger partial charge in [-0.1, -0.05) is 18.0 Å². The molecule has 0 aromatic carbocycles. The van der Waals surface area contributed by atoms with Crippen molar-refractivity contribution in [3.05, 3.63) is 11.7 Å². The summed E-state index contributed by atoms with van der Waals surface area (Å²) < 4.78 is 11.0.